The molecule has 4 nitrogen and oxygen atoms in total. The molecule has 0 radical (unpaired) electrons. The van der Waals surface area contributed by atoms with Crippen molar-refractivity contribution in [1.82, 2.24) is 0 Å². The third kappa shape index (κ3) is 2.21. The van der Waals surface area contributed by atoms with Gasteiger partial charge in [-0.3, -0.25) is 10.1 Å². The van der Waals surface area contributed by atoms with E-state index in [1.54, 1.807) is 12.1 Å². The third-order valence-corrected chi connectivity index (χ3v) is 3.95. The maximum atomic E-state index is 10.8. The molecular weight excluding hydrogens is 228 g/mol. The number of nitro groups is 1. The van der Waals surface area contributed by atoms with Crippen LogP contribution in [0, 0.1) is 27.4 Å². The second-order valence-electron chi connectivity index (χ2n) is 5.18. The zero-order chi connectivity index (χ0) is 13.2. The number of rotatable bonds is 2. The van der Waals surface area contributed by atoms with Gasteiger partial charge in [0.25, 0.3) is 5.69 Å². The molecule has 0 spiro atoms. The number of hydrogen-bond acceptors (Lipinski definition) is 3. The maximum absolute atomic E-state index is 10.8. The van der Waals surface area contributed by atoms with E-state index in [0.29, 0.717) is 5.92 Å². The second-order valence-corrected chi connectivity index (χ2v) is 5.18. The molecule has 1 aliphatic rings. The average Bonchev–Trinajstić information content (AvgIpc) is 2.40. The molecule has 1 fully saturated rings. The van der Waals surface area contributed by atoms with Crippen LogP contribution in [0.1, 0.15) is 38.2 Å². The Kier molecular flexibility index (Phi) is 3.33. The standard InChI is InChI=1S/C14H16N2O2/c1-11-5-7-14(10-15,8-6-11)12-3-2-4-13(9-12)16(17)18/h2-4,9,11H,5-8H2,1H3. The molecule has 1 saturated carbocycles. The van der Waals surface area contributed by atoms with Gasteiger partial charge in [-0.15, -0.1) is 0 Å². The van der Waals surface area contributed by atoms with E-state index in [0.717, 1.165) is 31.2 Å². The fourth-order valence-corrected chi connectivity index (χ4v) is 2.64. The van der Waals surface area contributed by atoms with Crippen LogP contribution in [0.5, 0.6) is 0 Å². The molecule has 0 aromatic heterocycles. The second kappa shape index (κ2) is 4.77. The zero-order valence-corrected chi connectivity index (χ0v) is 10.4. The Balaban J connectivity index is 2.36. The Labute approximate surface area is 106 Å². The molecular formula is C14H16N2O2. The van der Waals surface area contributed by atoms with Crippen LogP contribution >= 0.6 is 0 Å². The van der Waals surface area contributed by atoms with E-state index in [1.807, 2.05) is 6.07 Å². The van der Waals surface area contributed by atoms with Crippen molar-refractivity contribution in [2.75, 3.05) is 0 Å². The van der Waals surface area contributed by atoms with Crippen molar-refractivity contribution in [3.63, 3.8) is 0 Å². The average molecular weight is 244 g/mol. The maximum Gasteiger partial charge on any atom is 0.269 e. The van der Waals surface area contributed by atoms with Gasteiger partial charge in [-0.05, 0) is 37.2 Å². The summed E-state index contributed by atoms with van der Waals surface area (Å²) in [5, 5.41) is 20.3. The van der Waals surface area contributed by atoms with Crippen molar-refractivity contribution >= 4 is 5.69 Å². The Hall–Kier alpha value is -1.89. The topological polar surface area (TPSA) is 66.9 Å². The first-order chi connectivity index (χ1) is 8.57. The van der Waals surface area contributed by atoms with Gasteiger partial charge in [0.2, 0.25) is 0 Å². The first-order valence-electron chi connectivity index (χ1n) is 6.23. The van der Waals surface area contributed by atoms with Crippen molar-refractivity contribution < 1.29 is 4.92 Å². The van der Waals surface area contributed by atoms with E-state index >= 15 is 0 Å². The molecule has 94 valence electrons. The summed E-state index contributed by atoms with van der Waals surface area (Å²) in [7, 11) is 0. The predicted molar refractivity (Wildman–Crippen MR) is 68.0 cm³/mol. The van der Waals surface area contributed by atoms with Gasteiger partial charge in [0.05, 0.1) is 16.4 Å². The molecule has 0 atom stereocenters. The molecule has 0 heterocycles. The molecule has 0 unspecified atom stereocenters. The van der Waals surface area contributed by atoms with E-state index in [2.05, 4.69) is 13.0 Å². The van der Waals surface area contributed by atoms with E-state index in [9.17, 15) is 15.4 Å². The first-order valence-corrected chi connectivity index (χ1v) is 6.23. The molecule has 0 saturated heterocycles. The van der Waals surface area contributed by atoms with Crippen LogP contribution < -0.4 is 0 Å². The molecule has 2 rings (SSSR count). The third-order valence-electron chi connectivity index (χ3n) is 3.95. The lowest BCUT2D eigenvalue weighted by atomic mass is 9.68. The lowest BCUT2D eigenvalue weighted by molar-refractivity contribution is -0.385. The van der Waals surface area contributed by atoms with Crippen molar-refractivity contribution in [2.45, 2.75) is 38.0 Å². The lowest BCUT2D eigenvalue weighted by Gasteiger charge is -2.33. The lowest BCUT2D eigenvalue weighted by Crippen LogP contribution is -2.29. The van der Waals surface area contributed by atoms with E-state index < -0.39 is 10.3 Å². The molecule has 18 heavy (non-hydrogen) atoms. The largest absolute Gasteiger partial charge is 0.269 e. The minimum atomic E-state index is -0.529. The number of benzene rings is 1. The number of nitriles is 1. The first kappa shape index (κ1) is 12.6. The SMILES string of the molecule is CC1CCC(C#N)(c2cccc([N+](=O)[O-])c2)CC1. The van der Waals surface area contributed by atoms with Gasteiger partial charge >= 0.3 is 0 Å². The molecule has 4 heteroatoms. The Morgan fingerprint density at radius 1 is 1.44 bits per heavy atom. The monoisotopic (exact) mass is 244 g/mol. The van der Waals surface area contributed by atoms with Crippen LogP contribution in [0.3, 0.4) is 0 Å². The summed E-state index contributed by atoms with van der Waals surface area (Å²) in [5.74, 6) is 0.644. The Morgan fingerprint density at radius 2 is 2.11 bits per heavy atom. The van der Waals surface area contributed by atoms with Crippen LogP contribution in [0.25, 0.3) is 0 Å². The fraction of sp³-hybridized carbons (Fsp3) is 0.500. The number of hydrogen-bond donors (Lipinski definition) is 0. The van der Waals surface area contributed by atoms with E-state index in [4.69, 9.17) is 0 Å². The smallest absolute Gasteiger partial charge is 0.258 e. The molecule has 1 aromatic rings. The van der Waals surface area contributed by atoms with Gasteiger partial charge < -0.3 is 0 Å². The van der Waals surface area contributed by atoms with Crippen LogP contribution in [0.2, 0.25) is 0 Å². The van der Waals surface area contributed by atoms with Crippen molar-refractivity contribution in [2.24, 2.45) is 5.92 Å². The molecule has 0 aliphatic heterocycles. The van der Waals surface area contributed by atoms with Crippen molar-refractivity contribution in [1.29, 1.82) is 5.26 Å². The van der Waals surface area contributed by atoms with Gasteiger partial charge in [-0.1, -0.05) is 19.1 Å². The zero-order valence-electron chi connectivity index (χ0n) is 10.4. The summed E-state index contributed by atoms with van der Waals surface area (Å²) in [5.41, 5.74) is 0.338. The quantitative estimate of drug-likeness (QED) is 0.590. The Morgan fingerprint density at radius 3 is 2.67 bits per heavy atom. The summed E-state index contributed by atoms with van der Waals surface area (Å²) in [6, 6.07) is 8.94. The molecule has 1 aromatic carbocycles. The molecule has 1 aliphatic carbocycles. The summed E-state index contributed by atoms with van der Waals surface area (Å²) >= 11 is 0. The number of nitrogens with zero attached hydrogens (tertiary/aromatic N) is 2. The van der Waals surface area contributed by atoms with Gasteiger partial charge in [0.15, 0.2) is 0 Å². The minimum Gasteiger partial charge on any atom is -0.258 e. The molecule has 0 N–H and O–H groups in total. The van der Waals surface area contributed by atoms with Crippen molar-refractivity contribution in [3.8, 4) is 6.07 Å². The highest BCUT2D eigenvalue weighted by Crippen LogP contribution is 2.41. The minimum absolute atomic E-state index is 0.0701. The highest BCUT2D eigenvalue weighted by Gasteiger charge is 2.36. The summed E-state index contributed by atoms with van der Waals surface area (Å²) in [6.45, 7) is 2.19. The summed E-state index contributed by atoms with van der Waals surface area (Å²) in [4.78, 5) is 10.4. The van der Waals surface area contributed by atoms with Gasteiger partial charge in [-0.25, -0.2) is 0 Å². The summed E-state index contributed by atoms with van der Waals surface area (Å²) < 4.78 is 0. The number of nitro benzene ring substituents is 1. The summed E-state index contributed by atoms with van der Waals surface area (Å²) in [6.07, 6.45) is 3.62. The molecule has 0 bridgehead atoms. The molecule has 0 amide bonds. The van der Waals surface area contributed by atoms with Crippen LogP contribution in [0.4, 0.5) is 5.69 Å². The number of non-ortho nitro benzene ring substituents is 1. The van der Waals surface area contributed by atoms with Crippen LogP contribution in [-0.2, 0) is 5.41 Å². The van der Waals surface area contributed by atoms with Crippen LogP contribution in [0.15, 0.2) is 24.3 Å². The normalized spacial score (nSPS) is 27.4. The highest BCUT2D eigenvalue weighted by atomic mass is 16.6. The fourth-order valence-electron chi connectivity index (χ4n) is 2.64. The van der Waals surface area contributed by atoms with Gasteiger partial charge in [0, 0.05) is 12.1 Å². The van der Waals surface area contributed by atoms with Gasteiger partial charge in [0.1, 0.15) is 0 Å². The predicted octanol–water partition coefficient (Wildman–Crippen LogP) is 3.57. The van der Waals surface area contributed by atoms with Crippen molar-refractivity contribution in [3.05, 3.63) is 39.9 Å². The van der Waals surface area contributed by atoms with Crippen LogP contribution in [-0.4, -0.2) is 4.92 Å². The van der Waals surface area contributed by atoms with E-state index in [1.165, 1.54) is 6.07 Å². The Bertz CT molecular complexity index is 497. The highest BCUT2D eigenvalue weighted by molar-refractivity contribution is 5.41. The van der Waals surface area contributed by atoms with Gasteiger partial charge in [-0.2, -0.15) is 5.26 Å². The van der Waals surface area contributed by atoms with E-state index in [-0.39, 0.29) is 5.69 Å².